The number of fused-ring (bicyclic) bond motifs is 3. The van der Waals surface area contributed by atoms with Crippen LogP contribution >= 0.6 is 15.9 Å². The summed E-state index contributed by atoms with van der Waals surface area (Å²) in [5.74, 6) is 1.38. The molecule has 29 heavy (non-hydrogen) atoms. The summed E-state index contributed by atoms with van der Waals surface area (Å²) < 4.78 is 51.1. The fourth-order valence-corrected chi connectivity index (χ4v) is 3.58. The van der Waals surface area contributed by atoms with Gasteiger partial charge in [-0.15, -0.1) is 13.2 Å². The predicted molar refractivity (Wildman–Crippen MR) is 104 cm³/mol. The molecule has 0 aliphatic carbocycles. The van der Waals surface area contributed by atoms with E-state index in [2.05, 4.69) is 31.0 Å². The summed E-state index contributed by atoms with van der Waals surface area (Å²) in [7, 11) is 1.58. The molecule has 2 heterocycles. The van der Waals surface area contributed by atoms with Gasteiger partial charge in [0.25, 0.3) is 0 Å². The Hall–Kier alpha value is -2.88. The maximum atomic E-state index is 13.2. The Balaban J connectivity index is 1.80. The summed E-state index contributed by atoms with van der Waals surface area (Å²) in [4.78, 5) is 8.68. The molecule has 0 saturated heterocycles. The Morgan fingerprint density at radius 3 is 2.52 bits per heavy atom. The first-order chi connectivity index (χ1) is 13.8. The average Bonchev–Trinajstić information content (AvgIpc) is 3.10. The van der Waals surface area contributed by atoms with Gasteiger partial charge in [-0.25, -0.2) is 4.98 Å². The highest BCUT2D eigenvalue weighted by atomic mass is 79.9. The first-order valence-electron chi connectivity index (χ1n) is 8.45. The van der Waals surface area contributed by atoms with Gasteiger partial charge in [0.15, 0.2) is 0 Å². The molecule has 4 rings (SSSR count). The van der Waals surface area contributed by atoms with E-state index in [1.54, 1.807) is 14.0 Å². The molecular weight excluding hydrogens is 453 g/mol. The number of benzene rings is 2. The van der Waals surface area contributed by atoms with Crippen LogP contribution in [-0.4, -0.2) is 26.9 Å². The number of aryl methyl sites for hydroxylation is 1. The zero-order valence-corrected chi connectivity index (χ0v) is 16.9. The lowest BCUT2D eigenvalue weighted by Gasteiger charge is -2.12. The number of methoxy groups -OCH3 is 1. The highest BCUT2D eigenvalue weighted by Crippen LogP contribution is 2.38. The first kappa shape index (κ1) is 19.4. The molecule has 0 aliphatic heterocycles. The number of hydrogen-bond donors (Lipinski definition) is 0. The van der Waals surface area contributed by atoms with Gasteiger partial charge in [0.2, 0.25) is 5.88 Å². The molecule has 0 radical (unpaired) electrons. The number of aromatic nitrogens is 4. The van der Waals surface area contributed by atoms with Gasteiger partial charge < -0.3 is 9.47 Å². The van der Waals surface area contributed by atoms with Gasteiger partial charge in [0.1, 0.15) is 18.2 Å². The van der Waals surface area contributed by atoms with Gasteiger partial charge in [-0.05, 0) is 46.6 Å². The zero-order valence-electron chi connectivity index (χ0n) is 15.3. The van der Waals surface area contributed by atoms with Gasteiger partial charge in [0, 0.05) is 9.86 Å². The second-order valence-corrected chi connectivity index (χ2v) is 7.11. The SMILES string of the molecule is COc1ccc(COc2nc(C)nc3c2c(Br)cc2c3cnn2C(F)(F)F)cc1. The maximum Gasteiger partial charge on any atom is 0.505 e. The largest absolute Gasteiger partial charge is 0.505 e. The summed E-state index contributed by atoms with van der Waals surface area (Å²) in [6.45, 7) is 1.88. The van der Waals surface area contributed by atoms with E-state index in [0.29, 0.717) is 21.2 Å². The van der Waals surface area contributed by atoms with Gasteiger partial charge >= 0.3 is 6.30 Å². The standard InChI is InChI=1S/C19H14BrF3N4O2/c1-10-25-17-13-8-24-27(19(21,22)23)15(13)7-14(20)16(17)18(26-10)29-9-11-3-5-12(28-2)6-4-11/h3-8H,9H2,1-2H3. The van der Waals surface area contributed by atoms with E-state index in [4.69, 9.17) is 9.47 Å². The van der Waals surface area contributed by atoms with E-state index >= 15 is 0 Å². The third-order valence-corrected chi connectivity index (χ3v) is 4.95. The Morgan fingerprint density at radius 1 is 1.14 bits per heavy atom. The molecule has 0 saturated carbocycles. The molecule has 0 atom stereocenters. The summed E-state index contributed by atoms with van der Waals surface area (Å²) >= 11 is 3.34. The molecule has 0 bridgehead atoms. The van der Waals surface area contributed by atoms with Crippen LogP contribution in [0, 0.1) is 6.92 Å². The number of nitrogens with zero attached hydrogens (tertiary/aromatic N) is 4. The molecule has 0 amide bonds. The minimum atomic E-state index is -4.63. The highest BCUT2D eigenvalue weighted by molar-refractivity contribution is 9.10. The van der Waals surface area contributed by atoms with Crippen molar-refractivity contribution in [2.24, 2.45) is 0 Å². The Bertz CT molecular complexity index is 1210. The van der Waals surface area contributed by atoms with Crippen LogP contribution < -0.4 is 9.47 Å². The number of halogens is 4. The van der Waals surface area contributed by atoms with Crippen molar-refractivity contribution in [3.8, 4) is 11.6 Å². The monoisotopic (exact) mass is 466 g/mol. The molecule has 10 heteroatoms. The lowest BCUT2D eigenvalue weighted by atomic mass is 10.1. The van der Waals surface area contributed by atoms with Crippen molar-refractivity contribution in [1.82, 2.24) is 19.7 Å². The van der Waals surface area contributed by atoms with Crippen molar-refractivity contribution in [1.29, 1.82) is 0 Å². The molecule has 2 aromatic carbocycles. The molecule has 0 fully saturated rings. The zero-order chi connectivity index (χ0) is 20.8. The van der Waals surface area contributed by atoms with Crippen LogP contribution in [0.4, 0.5) is 13.2 Å². The molecule has 0 N–H and O–H groups in total. The summed E-state index contributed by atoms with van der Waals surface area (Å²) in [6.07, 6.45) is -3.48. The summed E-state index contributed by atoms with van der Waals surface area (Å²) in [5.41, 5.74) is 1.12. The van der Waals surface area contributed by atoms with Gasteiger partial charge in [-0.1, -0.05) is 12.1 Å². The minimum Gasteiger partial charge on any atom is -0.497 e. The Kier molecular flexibility index (Phi) is 4.81. The Morgan fingerprint density at radius 2 is 1.86 bits per heavy atom. The summed E-state index contributed by atoms with van der Waals surface area (Å²) in [6, 6.07) is 8.68. The van der Waals surface area contributed by atoms with Crippen molar-refractivity contribution < 1.29 is 22.6 Å². The topological polar surface area (TPSA) is 62.1 Å². The van der Waals surface area contributed by atoms with Crippen LogP contribution in [0.1, 0.15) is 11.4 Å². The van der Waals surface area contributed by atoms with Gasteiger partial charge in [-0.2, -0.15) is 14.8 Å². The van der Waals surface area contributed by atoms with Crippen molar-refractivity contribution in [3.63, 3.8) is 0 Å². The summed E-state index contributed by atoms with van der Waals surface area (Å²) in [5, 5.41) is 4.23. The normalized spacial score (nSPS) is 11.9. The molecule has 6 nitrogen and oxygen atoms in total. The fraction of sp³-hybridized carbons (Fsp3) is 0.211. The Labute approximate surface area is 171 Å². The number of hydrogen-bond acceptors (Lipinski definition) is 5. The van der Waals surface area contributed by atoms with Crippen molar-refractivity contribution in [2.75, 3.05) is 7.11 Å². The van der Waals surface area contributed by atoms with Crippen molar-refractivity contribution >= 4 is 37.7 Å². The fourth-order valence-electron chi connectivity index (χ4n) is 3.01. The highest BCUT2D eigenvalue weighted by Gasteiger charge is 2.34. The van der Waals surface area contributed by atoms with E-state index in [0.717, 1.165) is 17.5 Å². The van der Waals surface area contributed by atoms with Crippen LogP contribution in [0.25, 0.3) is 21.8 Å². The van der Waals surface area contributed by atoms with Crippen LogP contribution in [-0.2, 0) is 12.9 Å². The van der Waals surface area contributed by atoms with Crippen LogP contribution in [0.5, 0.6) is 11.6 Å². The predicted octanol–water partition coefficient (Wildman–Crippen LogP) is 5.11. The second kappa shape index (κ2) is 7.18. The lowest BCUT2D eigenvalue weighted by molar-refractivity contribution is -0.209. The van der Waals surface area contributed by atoms with E-state index in [1.807, 2.05) is 24.3 Å². The van der Waals surface area contributed by atoms with Crippen molar-refractivity contribution in [3.05, 3.63) is 52.4 Å². The number of ether oxygens (including phenoxy) is 2. The average molecular weight is 467 g/mol. The van der Waals surface area contributed by atoms with Crippen LogP contribution in [0.15, 0.2) is 41.0 Å². The molecular formula is C19H14BrF3N4O2. The van der Waals surface area contributed by atoms with Gasteiger partial charge in [-0.3, -0.25) is 0 Å². The number of alkyl halides is 3. The quantitative estimate of drug-likeness (QED) is 0.417. The third kappa shape index (κ3) is 3.59. The maximum absolute atomic E-state index is 13.2. The molecule has 0 aliphatic rings. The third-order valence-electron chi connectivity index (χ3n) is 4.33. The molecule has 150 valence electrons. The molecule has 2 aromatic heterocycles. The number of rotatable bonds is 4. The first-order valence-corrected chi connectivity index (χ1v) is 9.24. The van der Waals surface area contributed by atoms with Gasteiger partial charge in [0.05, 0.1) is 29.7 Å². The van der Waals surface area contributed by atoms with E-state index in [1.165, 1.54) is 6.07 Å². The minimum absolute atomic E-state index is 0.0157. The van der Waals surface area contributed by atoms with E-state index in [9.17, 15) is 13.2 Å². The van der Waals surface area contributed by atoms with E-state index < -0.39 is 6.30 Å². The van der Waals surface area contributed by atoms with Crippen LogP contribution in [0.3, 0.4) is 0 Å². The van der Waals surface area contributed by atoms with E-state index in [-0.39, 0.29) is 28.1 Å². The van der Waals surface area contributed by atoms with Crippen molar-refractivity contribution in [2.45, 2.75) is 19.8 Å². The molecule has 0 unspecified atom stereocenters. The molecule has 4 aromatic rings. The lowest BCUT2D eigenvalue weighted by Crippen LogP contribution is -2.17. The second-order valence-electron chi connectivity index (χ2n) is 6.25. The smallest absolute Gasteiger partial charge is 0.497 e. The van der Waals surface area contributed by atoms with Crippen LogP contribution in [0.2, 0.25) is 0 Å². The molecule has 0 spiro atoms.